The van der Waals surface area contributed by atoms with E-state index in [9.17, 15) is 8.42 Å². The van der Waals surface area contributed by atoms with Crippen molar-refractivity contribution in [1.82, 2.24) is 4.57 Å². The molecule has 0 radical (unpaired) electrons. The summed E-state index contributed by atoms with van der Waals surface area (Å²) in [5.41, 5.74) is 0.915. The summed E-state index contributed by atoms with van der Waals surface area (Å²) in [6, 6.07) is 0. The van der Waals surface area contributed by atoms with E-state index in [1.807, 2.05) is 12.3 Å². The van der Waals surface area contributed by atoms with E-state index in [2.05, 4.69) is 0 Å². The van der Waals surface area contributed by atoms with Crippen LogP contribution in [-0.2, 0) is 16.7 Å². The van der Waals surface area contributed by atoms with Crippen LogP contribution in [0.4, 0.5) is 0 Å². The average molecular weight is 278 g/mol. The normalized spacial score (nSPS) is 11.0. The topological polar surface area (TPSA) is 59.3 Å². The number of rotatable bonds is 3. The third-order valence-electron chi connectivity index (χ3n) is 1.55. The monoisotopic (exact) mass is 278 g/mol. The Balaban J connectivity index is 0.00000169. The molecule has 0 fully saturated rings. The van der Waals surface area contributed by atoms with Crippen molar-refractivity contribution >= 4 is 33.7 Å². The molecule has 0 aliphatic carbocycles. The van der Waals surface area contributed by atoms with Crippen molar-refractivity contribution in [2.24, 2.45) is 0 Å². The molecule has 0 spiro atoms. The molecule has 14 heavy (non-hydrogen) atoms. The second-order valence-corrected chi connectivity index (χ2v) is 5.66. The largest absolute Gasteiger partial charge is 1.00 e. The first kappa shape index (κ1) is 15.4. The summed E-state index contributed by atoms with van der Waals surface area (Å²) in [4.78, 5) is 0. The Morgan fingerprint density at radius 3 is 2.57 bits per heavy atom. The predicted octanol–water partition coefficient (Wildman–Crippen LogP) is -1.52. The van der Waals surface area contributed by atoms with Gasteiger partial charge in [-0.15, -0.1) is 11.3 Å². The molecule has 0 aliphatic heterocycles. The molecule has 0 bridgehead atoms. The van der Waals surface area contributed by atoms with Gasteiger partial charge < -0.3 is 4.57 Å². The number of aryl methyl sites for hydroxylation is 1. The minimum Gasteiger partial charge on any atom is -0.326 e. The molecule has 0 aliphatic rings. The van der Waals surface area contributed by atoms with Gasteiger partial charge in [-0.2, -0.15) is 8.42 Å². The van der Waals surface area contributed by atoms with Gasteiger partial charge in [-0.1, -0.05) is 0 Å². The zero-order valence-corrected chi connectivity index (χ0v) is 13.5. The molecule has 74 valence electrons. The van der Waals surface area contributed by atoms with Crippen molar-refractivity contribution in [3.63, 3.8) is 0 Å². The Morgan fingerprint density at radius 1 is 1.64 bits per heavy atom. The molecule has 4 nitrogen and oxygen atoms in total. The Morgan fingerprint density at radius 2 is 2.21 bits per heavy atom. The summed E-state index contributed by atoms with van der Waals surface area (Å²) >= 11 is 6.35. The van der Waals surface area contributed by atoms with Crippen LogP contribution in [-0.4, -0.2) is 23.3 Å². The zero-order valence-electron chi connectivity index (χ0n) is 7.93. The van der Waals surface area contributed by atoms with Gasteiger partial charge >= 0.3 is 51.4 Å². The molecule has 1 aromatic heterocycles. The van der Waals surface area contributed by atoms with Crippen molar-refractivity contribution in [3.8, 4) is 0 Å². The van der Waals surface area contributed by atoms with Crippen LogP contribution in [0.2, 0.25) is 0 Å². The minimum absolute atomic E-state index is 0. The van der Waals surface area contributed by atoms with Gasteiger partial charge in [-0.3, -0.25) is 4.55 Å². The molecule has 1 heterocycles. The summed E-state index contributed by atoms with van der Waals surface area (Å²) in [5.74, 6) is -0.293. The number of thiazole rings is 1. The predicted molar refractivity (Wildman–Crippen MR) is 54.3 cm³/mol. The van der Waals surface area contributed by atoms with Gasteiger partial charge in [0.1, 0.15) is 0 Å². The third-order valence-corrected chi connectivity index (χ3v) is 3.64. The Labute approximate surface area is 135 Å². The first-order valence-corrected chi connectivity index (χ1v) is 6.40. The van der Waals surface area contributed by atoms with Crippen molar-refractivity contribution in [1.29, 1.82) is 0 Å². The first-order chi connectivity index (χ1) is 5.90. The van der Waals surface area contributed by atoms with Crippen molar-refractivity contribution in [2.45, 2.75) is 13.5 Å². The van der Waals surface area contributed by atoms with E-state index in [0.717, 1.165) is 5.69 Å². The molecule has 1 rings (SSSR count). The molecular formula is C6H9KNO3S3+. The van der Waals surface area contributed by atoms with E-state index in [0.29, 0.717) is 3.95 Å². The molecule has 1 N–H and O–H groups in total. The maximum Gasteiger partial charge on any atom is 1.00 e. The Kier molecular flexibility index (Phi) is 6.83. The molecule has 0 saturated carbocycles. The maximum absolute atomic E-state index is 10.5. The van der Waals surface area contributed by atoms with Gasteiger partial charge in [0.2, 0.25) is 0 Å². The summed E-state index contributed by atoms with van der Waals surface area (Å²) < 4.78 is 31.8. The molecule has 8 heteroatoms. The van der Waals surface area contributed by atoms with Gasteiger partial charge in [0.05, 0.1) is 5.75 Å². The van der Waals surface area contributed by atoms with Crippen LogP contribution < -0.4 is 51.4 Å². The fourth-order valence-electron chi connectivity index (χ4n) is 0.881. The van der Waals surface area contributed by atoms with E-state index in [1.165, 1.54) is 11.3 Å². The SMILES string of the molecule is Cc1csc(=S)n1CCS(=O)(=O)O.[K+]. The Hall–Kier alpha value is 1.40. The zero-order chi connectivity index (χ0) is 10.1. The fraction of sp³-hybridized carbons (Fsp3) is 0.500. The van der Waals surface area contributed by atoms with Crippen molar-refractivity contribution in [3.05, 3.63) is 15.0 Å². The number of aromatic nitrogens is 1. The summed E-state index contributed by atoms with van der Waals surface area (Å²) in [7, 11) is -3.90. The van der Waals surface area contributed by atoms with Crippen molar-refractivity contribution in [2.75, 3.05) is 5.75 Å². The van der Waals surface area contributed by atoms with Crippen LogP contribution in [0.25, 0.3) is 0 Å². The van der Waals surface area contributed by atoms with Gasteiger partial charge in [0.15, 0.2) is 3.95 Å². The van der Waals surface area contributed by atoms with Gasteiger partial charge in [-0.05, 0) is 19.1 Å². The molecule has 0 saturated heterocycles. The number of nitrogens with zero attached hydrogens (tertiary/aromatic N) is 1. The average Bonchev–Trinajstić information content (AvgIpc) is 2.27. The van der Waals surface area contributed by atoms with Crippen LogP contribution >= 0.6 is 23.6 Å². The summed E-state index contributed by atoms with van der Waals surface area (Å²) in [6.07, 6.45) is 0. The standard InChI is InChI=1S/C6H9NO3S3.K/c1-5-4-12-6(11)7(5)2-3-13(8,9)10;/h4H,2-3H2,1H3,(H,8,9,10);/q;+1. The second kappa shape index (κ2) is 6.21. The van der Waals surface area contributed by atoms with Crippen LogP contribution in [0.15, 0.2) is 5.38 Å². The molecule has 1 aromatic rings. The molecule has 0 aromatic carbocycles. The second-order valence-electron chi connectivity index (χ2n) is 2.58. The summed E-state index contributed by atoms with van der Waals surface area (Å²) in [6.45, 7) is 2.06. The fourth-order valence-corrected chi connectivity index (χ4v) is 2.44. The van der Waals surface area contributed by atoms with Crippen LogP contribution in [0.3, 0.4) is 0 Å². The molecule has 0 atom stereocenters. The van der Waals surface area contributed by atoms with Crippen LogP contribution in [0, 0.1) is 10.9 Å². The molecular weight excluding hydrogens is 269 g/mol. The number of hydrogen-bond acceptors (Lipinski definition) is 4. The quantitative estimate of drug-likeness (QED) is 0.414. The number of hydrogen-bond donors (Lipinski definition) is 1. The van der Waals surface area contributed by atoms with E-state index in [1.54, 1.807) is 4.57 Å². The van der Waals surface area contributed by atoms with Crippen molar-refractivity contribution < 1.29 is 64.4 Å². The third kappa shape index (κ3) is 4.95. The van der Waals surface area contributed by atoms with E-state index >= 15 is 0 Å². The Bertz CT molecular complexity index is 447. The van der Waals surface area contributed by atoms with Gasteiger partial charge in [-0.25, -0.2) is 0 Å². The van der Waals surface area contributed by atoms with E-state index in [4.69, 9.17) is 16.8 Å². The van der Waals surface area contributed by atoms with E-state index in [-0.39, 0.29) is 63.7 Å². The minimum atomic E-state index is -3.90. The molecule has 0 unspecified atom stereocenters. The van der Waals surface area contributed by atoms with Gasteiger partial charge in [0.25, 0.3) is 10.1 Å². The van der Waals surface area contributed by atoms with Crippen LogP contribution in [0.5, 0.6) is 0 Å². The molecule has 0 amide bonds. The van der Waals surface area contributed by atoms with E-state index < -0.39 is 10.1 Å². The van der Waals surface area contributed by atoms with Gasteiger partial charge in [0, 0.05) is 17.6 Å². The summed E-state index contributed by atoms with van der Waals surface area (Å²) in [5, 5.41) is 1.85. The smallest absolute Gasteiger partial charge is 0.326 e. The maximum atomic E-state index is 10.5. The first-order valence-electron chi connectivity index (χ1n) is 3.50. The van der Waals surface area contributed by atoms with Crippen LogP contribution in [0.1, 0.15) is 5.69 Å².